The van der Waals surface area contributed by atoms with Crippen LogP contribution in [0.3, 0.4) is 0 Å². The first-order valence-corrected chi connectivity index (χ1v) is 11.6. The van der Waals surface area contributed by atoms with Gasteiger partial charge in [0.05, 0.1) is 15.5 Å². The summed E-state index contributed by atoms with van der Waals surface area (Å²) < 4.78 is 37.9. The molecular weight excluding hydrogens is 450 g/mol. The van der Waals surface area contributed by atoms with Gasteiger partial charge in [-0.2, -0.15) is 4.31 Å². The molecule has 0 radical (unpaired) electrons. The Bertz CT molecular complexity index is 1290. The van der Waals surface area contributed by atoms with E-state index in [-0.39, 0.29) is 30.5 Å². The van der Waals surface area contributed by atoms with Crippen LogP contribution in [0.5, 0.6) is 11.5 Å². The van der Waals surface area contributed by atoms with E-state index in [1.54, 1.807) is 0 Å². The Hall–Kier alpha value is -3.77. The molecule has 2 aliphatic heterocycles. The normalized spacial score (nSPS) is 16.1. The van der Waals surface area contributed by atoms with Crippen molar-refractivity contribution in [1.82, 2.24) is 14.5 Å². The summed E-state index contributed by atoms with van der Waals surface area (Å²) in [6, 6.07) is 14.2. The highest BCUT2D eigenvalue weighted by Crippen LogP contribution is 2.35. The van der Waals surface area contributed by atoms with Crippen LogP contribution in [-0.4, -0.2) is 60.8 Å². The number of rotatable bonds is 5. The lowest BCUT2D eigenvalue weighted by atomic mass is 10.1. The molecule has 0 amide bonds. The maximum Gasteiger partial charge on any atom is 0.269 e. The molecule has 1 saturated heterocycles. The smallest absolute Gasteiger partial charge is 0.269 e. The van der Waals surface area contributed by atoms with Crippen molar-refractivity contribution in [2.45, 2.75) is 4.90 Å². The second kappa shape index (κ2) is 8.30. The third kappa shape index (κ3) is 4.05. The molecule has 33 heavy (non-hydrogen) atoms. The van der Waals surface area contributed by atoms with Crippen LogP contribution < -0.4 is 14.4 Å². The number of sulfonamides is 1. The average Bonchev–Trinajstić information content (AvgIpc) is 3.32. The van der Waals surface area contributed by atoms with Gasteiger partial charge in [-0.25, -0.2) is 8.42 Å². The minimum absolute atomic E-state index is 0.0365. The van der Waals surface area contributed by atoms with Gasteiger partial charge in [-0.1, -0.05) is 0 Å². The highest BCUT2D eigenvalue weighted by atomic mass is 32.2. The zero-order valence-electron chi connectivity index (χ0n) is 17.3. The molecule has 2 aromatic carbocycles. The van der Waals surface area contributed by atoms with Crippen LogP contribution in [0.4, 0.5) is 11.5 Å². The minimum Gasteiger partial charge on any atom is -0.454 e. The van der Waals surface area contributed by atoms with Gasteiger partial charge in [0.2, 0.25) is 16.8 Å². The molecule has 0 spiro atoms. The summed E-state index contributed by atoms with van der Waals surface area (Å²) in [6.45, 7) is 1.64. The lowest BCUT2D eigenvalue weighted by Gasteiger charge is -2.34. The van der Waals surface area contributed by atoms with E-state index in [0.717, 1.165) is 5.56 Å². The van der Waals surface area contributed by atoms with Crippen molar-refractivity contribution < 1.29 is 22.8 Å². The summed E-state index contributed by atoms with van der Waals surface area (Å²) in [5.41, 5.74) is 1.40. The van der Waals surface area contributed by atoms with E-state index in [0.29, 0.717) is 36.1 Å². The number of nitro groups is 1. The summed E-state index contributed by atoms with van der Waals surface area (Å²) in [5.74, 6) is 2.03. The van der Waals surface area contributed by atoms with Crippen LogP contribution in [0.15, 0.2) is 59.5 Å². The van der Waals surface area contributed by atoms with Crippen LogP contribution in [0.1, 0.15) is 0 Å². The number of non-ortho nitro benzene ring substituents is 1. The quantitative estimate of drug-likeness (QED) is 0.408. The first-order valence-electron chi connectivity index (χ1n) is 10.2. The van der Waals surface area contributed by atoms with Gasteiger partial charge in [0.1, 0.15) is 0 Å². The van der Waals surface area contributed by atoms with Crippen molar-refractivity contribution in [1.29, 1.82) is 0 Å². The van der Waals surface area contributed by atoms with Gasteiger partial charge in [-0.15, -0.1) is 10.2 Å². The van der Waals surface area contributed by atoms with Crippen LogP contribution in [0.25, 0.3) is 11.3 Å². The molecule has 0 aliphatic carbocycles. The zero-order valence-corrected chi connectivity index (χ0v) is 18.1. The number of ether oxygens (including phenoxy) is 2. The van der Waals surface area contributed by atoms with Crippen molar-refractivity contribution in [2.75, 3.05) is 37.9 Å². The van der Waals surface area contributed by atoms with Gasteiger partial charge in [-0.3, -0.25) is 10.1 Å². The molecule has 5 rings (SSSR count). The topological polar surface area (TPSA) is 128 Å². The van der Waals surface area contributed by atoms with Gasteiger partial charge in [0.15, 0.2) is 17.3 Å². The van der Waals surface area contributed by atoms with E-state index in [2.05, 4.69) is 10.2 Å². The van der Waals surface area contributed by atoms with E-state index in [1.807, 2.05) is 35.2 Å². The number of hydrogen-bond acceptors (Lipinski definition) is 9. The maximum absolute atomic E-state index is 12.9. The Morgan fingerprint density at radius 2 is 1.61 bits per heavy atom. The van der Waals surface area contributed by atoms with Gasteiger partial charge < -0.3 is 14.4 Å². The fraction of sp³-hybridized carbons (Fsp3) is 0.238. The predicted molar refractivity (Wildman–Crippen MR) is 118 cm³/mol. The Balaban J connectivity index is 1.25. The molecule has 1 aromatic heterocycles. The fourth-order valence-corrected chi connectivity index (χ4v) is 5.17. The summed E-state index contributed by atoms with van der Waals surface area (Å²) in [7, 11) is -3.73. The van der Waals surface area contributed by atoms with Crippen molar-refractivity contribution in [3.05, 3.63) is 64.7 Å². The largest absolute Gasteiger partial charge is 0.454 e. The van der Waals surface area contributed by atoms with Gasteiger partial charge in [0.25, 0.3) is 5.69 Å². The minimum atomic E-state index is -3.73. The third-order valence-electron chi connectivity index (χ3n) is 5.57. The zero-order chi connectivity index (χ0) is 23.0. The predicted octanol–water partition coefficient (Wildman–Crippen LogP) is 2.29. The van der Waals surface area contributed by atoms with Crippen LogP contribution in [-0.2, 0) is 10.0 Å². The molecule has 11 nitrogen and oxygen atoms in total. The van der Waals surface area contributed by atoms with Gasteiger partial charge in [-0.05, 0) is 42.5 Å². The second-order valence-electron chi connectivity index (χ2n) is 7.49. The van der Waals surface area contributed by atoms with Crippen molar-refractivity contribution in [2.24, 2.45) is 0 Å². The first-order chi connectivity index (χ1) is 15.9. The molecule has 0 atom stereocenters. The van der Waals surface area contributed by atoms with Crippen molar-refractivity contribution in [3.8, 4) is 22.8 Å². The molecule has 0 unspecified atom stereocenters. The Kier molecular flexibility index (Phi) is 5.30. The number of nitrogens with zero attached hydrogens (tertiary/aromatic N) is 5. The molecule has 0 bridgehead atoms. The number of benzene rings is 2. The standard InChI is InChI=1S/C21H19N5O6S/c27-26(28)16-2-4-17(5-3-16)33(29,30)25-11-9-24(10-12-25)21-8-6-18(22-23-21)15-1-7-19-20(13-15)32-14-31-19/h1-8,13H,9-12,14H2. The van der Waals surface area contributed by atoms with Crippen molar-refractivity contribution >= 4 is 21.5 Å². The monoisotopic (exact) mass is 469 g/mol. The molecule has 1 fully saturated rings. The van der Waals surface area contributed by atoms with Crippen LogP contribution >= 0.6 is 0 Å². The molecule has 170 valence electrons. The second-order valence-corrected chi connectivity index (χ2v) is 9.42. The first kappa shape index (κ1) is 21.1. The van der Waals surface area contributed by atoms with Gasteiger partial charge in [0, 0.05) is 43.9 Å². The van der Waals surface area contributed by atoms with E-state index in [9.17, 15) is 18.5 Å². The van der Waals surface area contributed by atoms with Crippen LogP contribution in [0, 0.1) is 10.1 Å². The number of hydrogen-bond donors (Lipinski definition) is 0. The number of piperazine rings is 1. The van der Waals surface area contributed by atoms with Gasteiger partial charge >= 0.3 is 0 Å². The molecular formula is C21H19N5O6S. The molecule has 3 aromatic rings. The fourth-order valence-electron chi connectivity index (χ4n) is 3.75. The number of anilines is 1. The van der Waals surface area contributed by atoms with E-state index in [4.69, 9.17) is 9.47 Å². The Labute approximate surface area is 189 Å². The van der Waals surface area contributed by atoms with E-state index in [1.165, 1.54) is 28.6 Å². The highest BCUT2D eigenvalue weighted by Gasteiger charge is 2.29. The molecule has 0 saturated carbocycles. The highest BCUT2D eigenvalue weighted by molar-refractivity contribution is 7.89. The Morgan fingerprint density at radius 3 is 2.27 bits per heavy atom. The molecule has 12 heteroatoms. The number of aromatic nitrogens is 2. The molecule has 3 heterocycles. The summed E-state index contributed by atoms with van der Waals surface area (Å²) in [4.78, 5) is 12.2. The number of fused-ring (bicyclic) bond motifs is 1. The van der Waals surface area contributed by atoms with E-state index < -0.39 is 14.9 Å². The van der Waals surface area contributed by atoms with Crippen LogP contribution in [0.2, 0.25) is 0 Å². The lowest BCUT2D eigenvalue weighted by molar-refractivity contribution is -0.384. The Morgan fingerprint density at radius 1 is 0.879 bits per heavy atom. The van der Waals surface area contributed by atoms with Crippen molar-refractivity contribution in [3.63, 3.8) is 0 Å². The SMILES string of the molecule is O=[N+]([O-])c1ccc(S(=O)(=O)N2CCN(c3ccc(-c4ccc5c(c4)OCO5)nn3)CC2)cc1. The maximum atomic E-state index is 12.9. The van der Waals surface area contributed by atoms with E-state index >= 15 is 0 Å². The molecule has 0 N–H and O–H groups in total. The average molecular weight is 469 g/mol. The lowest BCUT2D eigenvalue weighted by Crippen LogP contribution is -2.48. The summed E-state index contributed by atoms with van der Waals surface area (Å²) in [6.07, 6.45) is 0. The molecule has 2 aliphatic rings. The summed E-state index contributed by atoms with van der Waals surface area (Å²) >= 11 is 0. The summed E-state index contributed by atoms with van der Waals surface area (Å²) in [5, 5.41) is 19.4. The number of nitro benzene ring substituents is 1. The third-order valence-corrected chi connectivity index (χ3v) is 7.48.